The topological polar surface area (TPSA) is 23.6 Å². The number of likely N-dealkylation sites (tertiary alicyclic amines) is 2. The van der Waals surface area contributed by atoms with Crippen molar-refractivity contribution in [1.29, 1.82) is 0 Å². The van der Waals surface area contributed by atoms with Crippen molar-refractivity contribution in [3.63, 3.8) is 0 Å². The molecule has 19 heavy (non-hydrogen) atoms. The Balaban J connectivity index is 1.80. The summed E-state index contributed by atoms with van der Waals surface area (Å²) in [5, 5.41) is 2.02. The average molecular weight is 278 g/mol. The van der Waals surface area contributed by atoms with Gasteiger partial charge in [0.25, 0.3) is 5.91 Å². The van der Waals surface area contributed by atoms with Crippen LogP contribution in [-0.2, 0) is 0 Å². The molecule has 1 aromatic rings. The largest absolute Gasteiger partial charge is 0.333 e. The highest BCUT2D eigenvalue weighted by Crippen LogP contribution is 2.31. The second kappa shape index (κ2) is 5.25. The fourth-order valence-corrected chi connectivity index (χ4v) is 4.47. The van der Waals surface area contributed by atoms with Gasteiger partial charge in [-0.15, -0.1) is 11.3 Å². The summed E-state index contributed by atoms with van der Waals surface area (Å²) in [6, 6.07) is 3.05. The van der Waals surface area contributed by atoms with Crippen LogP contribution < -0.4 is 0 Å². The molecule has 2 aliphatic rings. The molecule has 104 valence electrons. The van der Waals surface area contributed by atoms with Crippen LogP contribution >= 0.6 is 11.3 Å². The number of carbonyl (C=O) groups excluding carboxylic acids is 1. The van der Waals surface area contributed by atoms with Gasteiger partial charge in [-0.3, -0.25) is 4.79 Å². The van der Waals surface area contributed by atoms with Crippen LogP contribution in [0.3, 0.4) is 0 Å². The molecule has 0 unspecified atom stereocenters. The number of nitrogens with zero attached hydrogens (tertiary/aromatic N) is 2. The predicted molar refractivity (Wildman–Crippen MR) is 78.8 cm³/mol. The van der Waals surface area contributed by atoms with E-state index in [4.69, 9.17) is 0 Å². The molecule has 3 rings (SSSR count). The normalized spacial score (nSPS) is 28.2. The first-order valence-electron chi connectivity index (χ1n) is 7.24. The van der Waals surface area contributed by atoms with Crippen LogP contribution in [0, 0.1) is 6.92 Å². The summed E-state index contributed by atoms with van der Waals surface area (Å²) in [6.45, 7) is 4.16. The van der Waals surface area contributed by atoms with E-state index in [0.717, 1.165) is 23.4 Å². The maximum atomic E-state index is 12.7. The van der Waals surface area contributed by atoms with Gasteiger partial charge in [0, 0.05) is 18.6 Å². The summed E-state index contributed by atoms with van der Waals surface area (Å²) in [7, 11) is 2.20. The molecule has 2 saturated heterocycles. The number of amides is 1. The third kappa shape index (κ3) is 2.32. The van der Waals surface area contributed by atoms with Crippen LogP contribution in [0.2, 0.25) is 0 Å². The van der Waals surface area contributed by atoms with E-state index in [1.807, 2.05) is 18.4 Å². The summed E-state index contributed by atoms with van der Waals surface area (Å²) in [6.07, 6.45) is 4.85. The third-order valence-electron chi connectivity index (χ3n) is 4.64. The lowest BCUT2D eigenvalue weighted by Gasteiger charge is -2.33. The minimum atomic E-state index is 0.260. The lowest BCUT2D eigenvalue weighted by Crippen LogP contribution is -2.47. The smallest absolute Gasteiger partial charge is 0.264 e. The SMILES string of the molecule is Cc1ccsc1C(=O)N1CCC[C@H]1[C@@H]1CCCN1C. The fourth-order valence-electron chi connectivity index (χ4n) is 3.59. The minimum absolute atomic E-state index is 0.260. The molecule has 0 radical (unpaired) electrons. The van der Waals surface area contributed by atoms with E-state index < -0.39 is 0 Å². The number of aryl methyl sites for hydroxylation is 1. The lowest BCUT2D eigenvalue weighted by atomic mass is 10.0. The molecule has 0 aliphatic carbocycles. The van der Waals surface area contributed by atoms with Gasteiger partial charge in [0.1, 0.15) is 0 Å². The Morgan fingerprint density at radius 3 is 2.63 bits per heavy atom. The van der Waals surface area contributed by atoms with Crippen molar-refractivity contribution in [1.82, 2.24) is 9.80 Å². The standard InChI is InChI=1S/C15H22N2OS/c1-11-7-10-19-14(11)15(18)17-9-4-6-13(17)12-5-3-8-16(12)2/h7,10,12-13H,3-6,8-9H2,1-2H3/t12-,13-/m0/s1. The van der Waals surface area contributed by atoms with Crippen molar-refractivity contribution in [2.45, 2.75) is 44.7 Å². The van der Waals surface area contributed by atoms with Gasteiger partial charge in [-0.2, -0.15) is 0 Å². The Morgan fingerprint density at radius 2 is 2.00 bits per heavy atom. The van der Waals surface area contributed by atoms with Gasteiger partial charge in [0.05, 0.1) is 4.88 Å². The summed E-state index contributed by atoms with van der Waals surface area (Å²) < 4.78 is 0. The molecule has 2 atom stereocenters. The predicted octanol–water partition coefficient (Wildman–Crippen LogP) is 2.76. The quantitative estimate of drug-likeness (QED) is 0.830. The summed E-state index contributed by atoms with van der Waals surface area (Å²) in [4.78, 5) is 18.2. The molecule has 2 aliphatic heterocycles. The molecule has 3 heterocycles. The first-order chi connectivity index (χ1) is 9.18. The van der Waals surface area contributed by atoms with Crippen molar-refractivity contribution in [2.24, 2.45) is 0 Å². The fraction of sp³-hybridized carbons (Fsp3) is 0.667. The molecule has 3 nitrogen and oxygen atoms in total. The Kier molecular flexibility index (Phi) is 3.63. The van der Waals surface area contributed by atoms with Crippen molar-refractivity contribution >= 4 is 17.2 Å². The third-order valence-corrected chi connectivity index (χ3v) is 5.64. The summed E-state index contributed by atoms with van der Waals surface area (Å²) >= 11 is 1.59. The van der Waals surface area contributed by atoms with Crippen LogP contribution in [0.4, 0.5) is 0 Å². The number of carbonyl (C=O) groups is 1. The maximum Gasteiger partial charge on any atom is 0.264 e. The zero-order chi connectivity index (χ0) is 13.4. The van der Waals surface area contributed by atoms with Gasteiger partial charge in [-0.25, -0.2) is 0 Å². The second-order valence-electron chi connectivity index (χ2n) is 5.83. The molecule has 0 bridgehead atoms. The van der Waals surface area contributed by atoms with E-state index in [1.54, 1.807) is 11.3 Å². The Labute approximate surface area is 119 Å². The number of rotatable bonds is 2. The highest BCUT2D eigenvalue weighted by atomic mass is 32.1. The van der Waals surface area contributed by atoms with Gasteiger partial charge < -0.3 is 9.80 Å². The first kappa shape index (κ1) is 13.1. The number of hydrogen-bond donors (Lipinski definition) is 0. The van der Waals surface area contributed by atoms with Crippen molar-refractivity contribution in [3.05, 3.63) is 21.9 Å². The Hall–Kier alpha value is -0.870. The van der Waals surface area contributed by atoms with Gasteiger partial charge >= 0.3 is 0 Å². The van der Waals surface area contributed by atoms with Crippen LogP contribution in [0.5, 0.6) is 0 Å². The number of hydrogen-bond acceptors (Lipinski definition) is 3. The van der Waals surface area contributed by atoms with E-state index in [9.17, 15) is 4.79 Å². The van der Waals surface area contributed by atoms with E-state index in [0.29, 0.717) is 12.1 Å². The average Bonchev–Trinajstić information content (AvgIpc) is 3.07. The Bertz CT molecular complexity index is 470. The molecular weight excluding hydrogens is 256 g/mol. The lowest BCUT2D eigenvalue weighted by molar-refractivity contribution is 0.0668. The van der Waals surface area contributed by atoms with Crippen molar-refractivity contribution in [3.8, 4) is 0 Å². The molecule has 1 amide bonds. The van der Waals surface area contributed by atoms with Crippen LogP contribution in [0.25, 0.3) is 0 Å². The Morgan fingerprint density at radius 1 is 1.26 bits per heavy atom. The maximum absolute atomic E-state index is 12.7. The van der Waals surface area contributed by atoms with Crippen LogP contribution in [-0.4, -0.2) is 47.9 Å². The molecule has 4 heteroatoms. The molecular formula is C15H22N2OS. The van der Waals surface area contributed by atoms with E-state index in [1.165, 1.54) is 25.8 Å². The van der Waals surface area contributed by atoms with E-state index in [-0.39, 0.29) is 5.91 Å². The molecule has 0 aromatic carbocycles. The van der Waals surface area contributed by atoms with E-state index in [2.05, 4.69) is 16.8 Å². The summed E-state index contributed by atoms with van der Waals surface area (Å²) in [5.74, 6) is 0.260. The van der Waals surface area contributed by atoms with Gasteiger partial charge in [0.2, 0.25) is 0 Å². The van der Waals surface area contributed by atoms with Crippen molar-refractivity contribution in [2.75, 3.05) is 20.1 Å². The van der Waals surface area contributed by atoms with Crippen molar-refractivity contribution < 1.29 is 4.79 Å². The first-order valence-corrected chi connectivity index (χ1v) is 8.12. The summed E-state index contributed by atoms with van der Waals surface area (Å²) in [5.41, 5.74) is 1.13. The van der Waals surface area contributed by atoms with Gasteiger partial charge in [0.15, 0.2) is 0 Å². The zero-order valence-corrected chi connectivity index (χ0v) is 12.6. The minimum Gasteiger partial charge on any atom is -0.333 e. The molecule has 2 fully saturated rings. The molecule has 0 spiro atoms. The monoisotopic (exact) mass is 278 g/mol. The number of likely N-dealkylation sites (N-methyl/N-ethyl adjacent to an activating group) is 1. The second-order valence-corrected chi connectivity index (χ2v) is 6.75. The van der Waals surface area contributed by atoms with Crippen LogP contribution in [0.1, 0.15) is 40.9 Å². The number of thiophene rings is 1. The molecule has 0 N–H and O–H groups in total. The van der Waals surface area contributed by atoms with E-state index >= 15 is 0 Å². The van der Waals surface area contributed by atoms with Gasteiger partial charge in [-0.05, 0) is 63.2 Å². The molecule has 1 aromatic heterocycles. The highest BCUT2D eigenvalue weighted by molar-refractivity contribution is 7.12. The highest BCUT2D eigenvalue weighted by Gasteiger charge is 2.39. The van der Waals surface area contributed by atoms with Gasteiger partial charge in [-0.1, -0.05) is 0 Å². The van der Waals surface area contributed by atoms with Crippen LogP contribution in [0.15, 0.2) is 11.4 Å². The zero-order valence-electron chi connectivity index (χ0n) is 11.8. The molecule has 0 saturated carbocycles.